The molecule has 22 heavy (non-hydrogen) atoms. The molecule has 0 bridgehead atoms. The van der Waals surface area contributed by atoms with Gasteiger partial charge in [0.05, 0.1) is 15.1 Å². The highest BCUT2D eigenvalue weighted by Gasteiger charge is 2.17. The molecule has 0 saturated heterocycles. The van der Waals surface area contributed by atoms with Crippen molar-refractivity contribution in [3.8, 4) is 11.5 Å². The quantitative estimate of drug-likeness (QED) is 0.777. The third kappa shape index (κ3) is 2.32. The van der Waals surface area contributed by atoms with Gasteiger partial charge < -0.3 is 9.47 Å². The first-order chi connectivity index (χ1) is 10.7. The maximum Gasteiger partial charge on any atom is 0.267 e. The smallest absolute Gasteiger partial charge is 0.267 e. The molecule has 1 aliphatic heterocycles. The molecular formula is C15H12N2O3S2. The minimum atomic E-state index is -0.121. The van der Waals surface area contributed by atoms with Crippen LogP contribution in [0.5, 0.6) is 11.5 Å². The maximum absolute atomic E-state index is 12.2. The Labute approximate surface area is 134 Å². The standard InChI is InChI=1S/C15H12N2O3S2/c1-8-2-5-21-13(8)14(18)17-15-16-9-6-10-11(7-12(9)22-15)20-4-3-19-10/h2,5-7H,3-4H2,1H3,(H,16,17,18). The molecule has 0 aliphatic carbocycles. The number of thiazole rings is 1. The molecule has 0 spiro atoms. The summed E-state index contributed by atoms with van der Waals surface area (Å²) in [5.41, 5.74) is 1.77. The zero-order valence-electron chi connectivity index (χ0n) is 11.7. The number of benzene rings is 1. The largest absolute Gasteiger partial charge is 0.486 e. The normalized spacial score (nSPS) is 13.3. The van der Waals surface area contributed by atoms with Gasteiger partial charge in [-0.3, -0.25) is 10.1 Å². The molecule has 5 nitrogen and oxygen atoms in total. The Bertz CT molecular complexity index is 826. The second-order valence-electron chi connectivity index (χ2n) is 4.87. The molecule has 4 rings (SSSR count). The van der Waals surface area contributed by atoms with Crippen LogP contribution in [0, 0.1) is 6.92 Å². The van der Waals surface area contributed by atoms with Crippen molar-refractivity contribution in [2.24, 2.45) is 0 Å². The van der Waals surface area contributed by atoms with E-state index >= 15 is 0 Å². The summed E-state index contributed by atoms with van der Waals surface area (Å²) in [6, 6.07) is 5.70. The first-order valence-electron chi connectivity index (χ1n) is 6.76. The molecule has 0 unspecified atom stereocenters. The van der Waals surface area contributed by atoms with Crippen molar-refractivity contribution in [2.45, 2.75) is 6.92 Å². The Hall–Kier alpha value is -2.12. The molecule has 1 aromatic carbocycles. The third-order valence-electron chi connectivity index (χ3n) is 3.34. The number of fused-ring (bicyclic) bond motifs is 2. The van der Waals surface area contributed by atoms with Crippen molar-refractivity contribution >= 4 is 43.9 Å². The lowest BCUT2D eigenvalue weighted by molar-refractivity contribution is 0.103. The number of aromatic nitrogens is 1. The van der Waals surface area contributed by atoms with Crippen LogP contribution in [0.2, 0.25) is 0 Å². The van der Waals surface area contributed by atoms with Crippen molar-refractivity contribution < 1.29 is 14.3 Å². The van der Waals surface area contributed by atoms with Crippen molar-refractivity contribution in [2.75, 3.05) is 18.5 Å². The van der Waals surface area contributed by atoms with E-state index in [2.05, 4.69) is 10.3 Å². The summed E-state index contributed by atoms with van der Waals surface area (Å²) in [6.07, 6.45) is 0. The van der Waals surface area contributed by atoms with E-state index in [1.807, 2.05) is 30.5 Å². The van der Waals surface area contributed by atoms with Crippen LogP contribution >= 0.6 is 22.7 Å². The Kier molecular flexibility index (Phi) is 3.24. The average molecular weight is 332 g/mol. The zero-order chi connectivity index (χ0) is 15.1. The number of hydrogen-bond acceptors (Lipinski definition) is 6. The summed E-state index contributed by atoms with van der Waals surface area (Å²) in [5, 5.41) is 5.35. The summed E-state index contributed by atoms with van der Waals surface area (Å²) in [5.74, 6) is 1.31. The second-order valence-corrected chi connectivity index (χ2v) is 6.82. The highest BCUT2D eigenvalue weighted by molar-refractivity contribution is 7.22. The van der Waals surface area contributed by atoms with Crippen molar-refractivity contribution in [1.82, 2.24) is 4.98 Å². The van der Waals surface area contributed by atoms with E-state index < -0.39 is 0 Å². The number of aryl methyl sites for hydroxylation is 1. The maximum atomic E-state index is 12.2. The van der Waals surface area contributed by atoms with Gasteiger partial charge in [0.1, 0.15) is 13.2 Å². The van der Waals surface area contributed by atoms with Crippen molar-refractivity contribution in [3.05, 3.63) is 34.0 Å². The molecule has 0 saturated carbocycles. The fraction of sp³-hybridized carbons (Fsp3) is 0.200. The number of thiophene rings is 1. The number of nitrogens with zero attached hydrogens (tertiary/aromatic N) is 1. The molecule has 0 atom stereocenters. The van der Waals surface area contributed by atoms with Gasteiger partial charge in [0.2, 0.25) is 0 Å². The van der Waals surface area contributed by atoms with Gasteiger partial charge in [-0.15, -0.1) is 11.3 Å². The number of hydrogen-bond donors (Lipinski definition) is 1. The van der Waals surface area contributed by atoms with Gasteiger partial charge in [0.25, 0.3) is 5.91 Å². The van der Waals surface area contributed by atoms with Crippen LogP contribution in [0.1, 0.15) is 15.2 Å². The highest BCUT2D eigenvalue weighted by Crippen LogP contribution is 2.38. The summed E-state index contributed by atoms with van der Waals surface area (Å²) < 4.78 is 12.1. The molecule has 1 N–H and O–H groups in total. The molecule has 3 heterocycles. The molecule has 2 aromatic heterocycles. The molecule has 0 fully saturated rings. The summed E-state index contributed by atoms with van der Waals surface area (Å²) in [6.45, 7) is 3.02. The molecule has 1 amide bonds. The van der Waals surface area contributed by atoms with Crippen LogP contribution in [0.15, 0.2) is 23.6 Å². The van der Waals surface area contributed by atoms with Crippen LogP contribution in [0.3, 0.4) is 0 Å². The van der Waals surface area contributed by atoms with Gasteiger partial charge in [-0.2, -0.15) is 0 Å². The van der Waals surface area contributed by atoms with Gasteiger partial charge in [-0.05, 0) is 23.9 Å². The monoisotopic (exact) mass is 332 g/mol. The first-order valence-corrected chi connectivity index (χ1v) is 8.46. The Balaban J connectivity index is 1.65. The second kappa shape index (κ2) is 5.26. The van der Waals surface area contributed by atoms with E-state index in [-0.39, 0.29) is 5.91 Å². The van der Waals surface area contributed by atoms with Crippen LogP contribution in [-0.4, -0.2) is 24.1 Å². The lowest BCUT2D eigenvalue weighted by atomic mass is 10.3. The van der Waals surface area contributed by atoms with E-state index in [9.17, 15) is 4.79 Å². The molecule has 112 valence electrons. The molecule has 0 radical (unpaired) electrons. The van der Waals surface area contributed by atoms with Gasteiger partial charge in [0.15, 0.2) is 16.6 Å². The molecule has 3 aromatic rings. The van der Waals surface area contributed by atoms with Crippen LogP contribution in [0.4, 0.5) is 5.13 Å². The van der Waals surface area contributed by atoms with Crippen molar-refractivity contribution in [3.63, 3.8) is 0 Å². The summed E-state index contributed by atoms with van der Waals surface area (Å²) >= 11 is 2.86. The predicted octanol–water partition coefficient (Wildman–Crippen LogP) is 3.69. The van der Waals surface area contributed by atoms with Crippen LogP contribution in [0.25, 0.3) is 10.2 Å². The van der Waals surface area contributed by atoms with Gasteiger partial charge in [-0.25, -0.2) is 4.98 Å². The fourth-order valence-electron chi connectivity index (χ4n) is 2.28. The predicted molar refractivity (Wildman–Crippen MR) is 87.6 cm³/mol. The van der Waals surface area contributed by atoms with E-state index in [1.54, 1.807) is 0 Å². The van der Waals surface area contributed by atoms with Gasteiger partial charge in [0, 0.05) is 12.1 Å². The fourth-order valence-corrected chi connectivity index (χ4v) is 3.97. The summed E-state index contributed by atoms with van der Waals surface area (Å²) in [7, 11) is 0. The number of anilines is 1. The molecule has 1 aliphatic rings. The molecular weight excluding hydrogens is 320 g/mol. The highest BCUT2D eigenvalue weighted by atomic mass is 32.1. The van der Waals surface area contributed by atoms with E-state index in [4.69, 9.17) is 9.47 Å². The third-order valence-corrected chi connectivity index (χ3v) is 5.29. The summed E-state index contributed by atoms with van der Waals surface area (Å²) in [4.78, 5) is 17.4. The number of carbonyl (C=O) groups is 1. The number of carbonyl (C=O) groups excluding carboxylic acids is 1. The number of ether oxygens (including phenoxy) is 2. The van der Waals surface area contributed by atoms with Gasteiger partial charge in [-0.1, -0.05) is 11.3 Å². The zero-order valence-corrected chi connectivity index (χ0v) is 13.3. The number of rotatable bonds is 2. The van der Waals surface area contributed by atoms with Crippen LogP contribution in [-0.2, 0) is 0 Å². The first kappa shape index (κ1) is 13.5. The van der Waals surface area contributed by atoms with Crippen LogP contribution < -0.4 is 14.8 Å². The lowest BCUT2D eigenvalue weighted by Gasteiger charge is -2.17. The Morgan fingerprint density at radius 2 is 2.05 bits per heavy atom. The average Bonchev–Trinajstić information content (AvgIpc) is 3.09. The molecule has 7 heteroatoms. The Morgan fingerprint density at radius 1 is 1.27 bits per heavy atom. The number of nitrogens with one attached hydrogen (secondary N) is 1. The van der Waals surface area contributed by atoms with E-state index in [0.29, 0.717) is 29.0 Å². The SMILES string of the molecule is Cc1ccsc1C(=O)Nc1nc2cc3c(cc2s1)OCCO3. The van der Waals surface area contributed by atoms with Gasteiger partial charge >= 0.3 is 0 Å². The number of amides is 1. The minimum absolute atomic E-state index is 0.121. The van der Waals surface area contributed by atoms with Crippen molar-refractivity contribution in [1.29, 1.82) is 0 Å². The minimum Gasteiger partial charge on any atom is -0.486 e. The lowest BCUT2D eigenvalue weighted by Crippen LogP contribution is -2.15. The topological polar surface area (TPSA) is 60.5 Å². The Morgan fingerprint density at radius 3 is 2.77 bits per heavy atom. The van der Waals surface area contributed by atoms with E-state index in [0.717, 1.165) is 21.5 Å². The van der Waals surface area contributed by atoms with E-state index in [1.165, 1.54) is 22.7 Å².